The molecule has 3 atom stereocenters. The van der Waals surface area contributed by atoms with Crippen LogP contribution in [0.2, 0.25) is 0 Å². The Hall–Kier alpha value is -4.42. The van der Waals surface area contributed by atoms with Crippen molar-refractivity contribution in [2.75, 3.05) is 13.2 Å². The number of hydrogen-bond acceptors (Lipinski definition) is 7. The van der Waals surface area contributed by atoms with Gasteiger partial charge >= 0.3 is 5.97 Å². The van der Waals surface area contributed by atoms with E-state index in [1.54, 1.807) is 18.3 Å². The van der Waals surface area contributed by atoms with Crippen molar-refractivity contribution in [2.45, 2.75) is 31.0 Å². The van der Waals surface area contributed by atoms with Gasteiger partial charge in [-0.25, -0.2) is 4.79 Å². The number of phenolic OH excluding ortho intramolecular Hbond substituents is 1. The molecule has 196 valence electrons. The number of hydrogen-bond donors (Lipinski definition) is 8. The lowest BCUT2D eigenvalue weighted by Gasteiger charge is -2.24. The summed E-state index contributed by atoms with van der Waals surface area (Å²) in [4.78, 5) is 52.8. The Morgan fingerprint density at radius 3 is 2.11 bits per heavy atom. The molecule has 0 saturated carbocycles. The van der Waals surface area contributed by atoms with E-state index < -0.39 is 48.4 Å². The highest BCUT2D eigenvalue weighted by atomic mass is 16.4. The van der Waals surface area contributed by atoms with Gasteiger partial charge in [-0.2, -0.15) is 0 Å². The molecule has 0 spiro atoms. The van der Waals surface area contributed by atoms with E-state index in [-0.39, 0.29) is 25.1 Å². The quantitative estimate of drug-likeness (QED) is 0.153. The molecule has 12 nitrogen and oxygen atoms in total. The first-order valence-electron chi connectivity index (χ1n) is 11.5. The van der Waals surface area contributed by atoms with E-state index in [2.05, 4.69) is 20.9 Å². The number of fused-ring (bicyclic) bond motifs is 1. The van der Waals surface area contributed by atoms with Crippen molar-refractivity contribution in [3.63, 3.8) is 0 Å². The molecule has 3 aromatic rings. The zero-order valence-corrected chi connectivity index (χ0v) is 19.8. The number of carbonyl (C=O) groups excluding carboxylic acids is 3. The normalized spacial score (nSPS) is 13.4. The smallest absolute Gasteiger partial charge is 0.328 e. The minimum atomic E-state index is -1.57. The summed E-state index contributed by atoms with van der Waals surface area (Å²) in [5.41, 5.74) is 7.52. The number of aromatic hydroxyl groups is 1. The van der Waals surface area contributed by atoms with Crippen LogP contribution in [0.3, 0.4) is 0 Å². The van der Waals surface area contributed by atoms with Crippen LogP contribution in [0.1, 0.15) is 11.1 Å². The van der Waals surface area contributed by atoms with E-state index in [0.29, 0.717) is 11.1 Å². The molecule has 0 aliphatic rings. The van der Waals surface area contributed by atoms with Gasteiger partial charge in [0.15, 0.2) is 0 Å². The summed E-state index contributed by atoms with van der Waals surface area (Å²) in [7, 11) is 0. The number of benzene rings is 2. The van der Waals surface area contributed by atoms with Crippen LogP contribution in [0.4, 0.5) is 0 Å². The van der Waals surface area contributed by atoms with Gasteiger partial charge in [0.2, 0.25) is 17.7 Å². The minimum Gasteiger partial charge on any atom is -0.508 e. The third-order valence-electron chi connectivity index (χ3n) is 5.74. The average Bonchev–Trinajstić information content (AvgIpc) is 3.29. The molecule has 1 aromatic heterocycles. The van der Waals surface area contributed by atoms with E-state index in [1.165, 1.54) is 12.1 Å². The second kappa shape index (κ2) is 12.5. The molecule has 0 radical (unpaired) electrons. The number of nitrogens with one attached hydrogen (secondary N) is 4. The first kappa shape index (κ1) is 27.2. The number of aliphatic hydroxyl groups is 1. The monoisotopic (exact) mass is 511 g/mol. The molecule has 0 bridgehead atoms. The number of carbonyl (C=O) groups is 4. The number of aromatic amines is 1. The topological polar surface area (TPSA) is 207 Å². The van der Waals surface area contributed by atoms with E-state index in [0.717, 1.165) is 10.9 Å². The highest BCUT2D eigenvalue weighted by Crippen LogP contribution is 2.19. The van der Waals surface area contributed by atoms with E-state index in [1.807, 2.05) is 24.3 Å². The van der Waals surface area contributed by atoms with Crippen LogP contribution in [0, 0.1) is 0 Å². The average molecular weight is 512 g/mol. The van der Waals surface area contributed by atoms with Crippen LogP contribution in [0.25, 0.3) is 10.9 Å². The summed E-state index contributed by atoms with van der Waals surface area (Å²) >= 11 is 0. The van der Waals surface area contributed by atoms with Crippen molar-refractivity contribution in [1.29, 1.82) is 0 Å². The van der Waals surface area contributed by atoms with Crippen LogP contribution in [-0.4, -0.2) is 75.3 Å². The van der Waals surface area contributed by atoms with Crippen LogP contribution >= 0.6 is 0 Å². The molecule has 12 heteroatoms. The van der Waals surface area contributed by atoms with E-state index in [4.69, 9.17) is 5.73 Å². The van der Waals surface area contributed by atoms with Gasteiger partial charge in [0.25, 0.3) is 0 Å². The Morgan fingerprint density at radius 2 is 1.49 bits per heavy atom. The van der Waals surface area contributed by atoms with E-state index in [9.17, 15) is 34.5 Å². The summed E-state index contributed by atoms with van der Waals surface area (Å²) in [6, 6.07) is 9.43. The van der Waals surface area contributed by atoms with Crippen LogP contribution in [0.5, 0.6) is 5.75 Å². The highest BCUT2D eigenvalue weighted by molar-refractivity contribution is 5.94. The molecule has 3 unspecified atom stereocenters. The molecule has 0 aliphatic carbocycles. The predicted octanol–water partition coefficient (Wildman–Crippen LogP) is -0.851. The maximum absolute atomic E-state index is 13.3. The Morgan fingerprint density at radius 1 is 0.865 bits per heavy atom. The van der Waals surface area contributed by atoms with E-state index >= 15 is 0 Å². The van der Waals surface area contributed by atoms with Crippen molar-refractivity contribution in [1.82, 2.24) is 20.9 Å². The molecule has 0 saturated heterocycles. The Balaban J connectivity index is 1.87. The van der Waals surface area contributed by atoms with Crippen molar-refractivity contribution >= 4 is 34.6 Å². The molecule has 3 rings (SSSR count). The molecule has 1 heterocycles. The Bertz CT molecular complexity index is 1260. The number of carboxylic acid groups (broad SMARTS) is 1. The molecule has 0 fully saturated rings. The fraction of sp³-hybridized carbons (Fsp3) is 0.280. The number of aromatic nitrogens is 1. The van der Waals surface area contributed by atoms with Crippen molar-refractivity contribution < 1.29 is 34.5 Å². The molecule has 37 heavy (non-hydrogen) atoms. The zero-order chi connectivity index (χ0) is 26.9. The summed E-state index contributed by atoms with van der Waals surface area (Å²) in [5, 5.41) is 36.3. The summed E-state index contributed by atoms with van der Waals surface area (Å²) in [6.45, 7) is -1.21. The van der Waals surface area contributed by atoms with Crippen molar-refractivity contribution in [3.05, 3.63) is 65.9 Å². The first-order chi connectivity index (χ1) is 17.7. The second-order valence-corrected chi connectivity index (χ2v) is 8.40. The van der Waals surface area contributed by atoms with Crippen molar-refractivity contribution in [3.8, 4) is 5.75 Å². The van der Waals surface area contributed by atoms with Gasteiger partial charge in [-0.3, -0.25) is 14.4 Å². The second-order valence-electron chi connectivity index (χ2n) is 8.40. The molecular formula is C25H29N5O7. The van der Waals surface area contributed by atoms with Crippen LogP contribution < -0.4 is 21.7 Å². The third-order valence-corrected chi connectivity index (χ3v) is 5.74. The van der Waals surface area contributed by atoms with Gasteiger partial charge in [0.1, 0.15) is 23.9 Å². The van der Waals surface area contributed by atoms with Gasteiger partial charge in [-0.15, -0.1) is 0 Å². The van der Waals surface area contributed by atoms with Gasteiger partial charge in [0.05, 0.1) is 13.2 Å². The number of aliphatic carboxylic acids is 1. The molecule has 2 aromatic carbocycles. The SMILES string of the molecule is NCC(=O)NC(Cc1ccc(O)cc1)C(=O)NC(Cc1c[nH]c2ccccc12)C(=O)NC(CO)C(=O)O. The number of amides is 3. The predicted molar refractivity (Wildman–Crippen MR) is 133 cm³/mol. The van der Waals surface area contributed by atoms with Gasteiger partial charge in [-0.05, 0) is 29.3 Å². The van der Waals surface area contributed by atoms with Gasteiger partial charge in [-0.1, -0.05) is 30.3 Å². The van der Waals surface area contributed by atoms with Crippen LogP contribution in [0.15, 0.2) is 54.7 Å². The maximum Gasteiger partial charge on any atom is 0.328 e. The Labute approximate surface area is 211 Å². The number of phenols is 1. The largest absolute Gasteiger partial charge is 0.508 e. The zero-order valence-electron chi connectivity index (χ0n) is 19.8. The number of rotatable bonds is 12. The van der Waals surface area contributed by atoms with Crippen molar-refractivity contribution in [2.24, 2.45) is 5.73 Å². The van der Waals surface area contributed by atoms with Gasteiger partial charge < -0.3 is 42.0 Å². The molecule has 9 N–H and O–H groups in total. The molecule has 3 amide bonds. The highest BCUT2D eigenvalue weighted by Gasteiger charge is 2.30. The van der Waals surface area contributed by atoms with Gasteiger partial charge in [0, 0.05) is 29.9 Å². The number of para-hydroxylation sites is 1. The number of aliphatic hydroxyl groups excluding tert-OH is 1. The lowest BCUT2D eigenvalue weighted by atomic mass is 10.0. The number of nitrogens with two attached hydrogens (primary N) is 1. The summed E-state index contributed by atoms with van der Waals surface area (Å²) in [5.74, 6) is -3.53. The lowest BCUT2D eigenvalue weighted by molar-refractivity contribution is -0.143. The maximum atomic E-state index is 13.3. The number of H-pyrrole nitrogens is 1. The van der Waals surface area contributed by atoms with Crippen LogP contribution in [-0.2, 0) is 32.0 Å². The lowest BCUT2D eigenvalue weighted by Crippen LogP contribution is -2.57. The fourth-order valence-corrected chi connectivity index (χ4v) is 3.79. The third kappa shape index (κ3) is 7.29. The Kier molecular flexibility index (Phi) is 9.19. The summed E-state index contributed by atoms with van der Waals surface area (Å²) in [6.07, 6.45) is 1.71. The number of carboxylic acids is 1. The standard InChI is InChI=1S/C25H29N5O7/c26-11-22(33)28-19(9-14-5-7-16(32)8-6-14)23(34)29-20(24(35)30-21(13-31)25(36)37)10-15-12-27-18-4-2-1-3-17(15)18/h1-8,12,19-21,27,31-32H,9-11,13,26H2,(H,28,33)(H,29,34)(H,30,35)(H,36,37). The minimum absolute atomic E-state index is 0.00385. The summed E-state index contributed by atoms with van der Waals surface area (Å²) < 4.78 is 0. The molecule has 0 aliphatic heterocycles. The fourth-order valence-electron chi connectivity index (χ4n) is 3.79. The molecular weight excluding hydrogens is 482 g/mol. The first-order valence-corrected chi connectivity index (χ1v) is 11.5.